The van der Waals surface area contributed by atoms with Gasteiger partial charge >= 0.3 is 14.8 Å². The molecule has 0 radical (unpaired) electrons. The summed E-state index contributed by atoms with van der Waals surface area (Å²) in [6, 6.07) is 0.612. The van der Waals surface area contributed by atoms with Crippen molar-refractivity contribution < 1.29 is 22.8 Å². The Kier molecular flexibility index (Phi) is 10.5. The number of carbonyl (C=O) groups excluding carboxylic acids is 1. The van der Waals surface area contributed by atoms with Gasteiger partial charge in [0.25, 0.3) is 0 Å². The van der Waals surface area contributed by atoms with Gasteiger partial charge < -0.3 is 18.0 Å². The van der Waals surface area contributed by atoms with E-state index in [-0.39, 0.29) is 7.43 Å². The molecule has 0 heterocycles. The van der Waals surface area contributed by atoms with E-state index in [1.807, 2.05) is 0 Å². The van der Waals surface area contributed by atoms with E-state index in [9.17, 15) is 4.79 Å². The van der Waals surface area contributed by atoms with Gasteiger partial charge in [-0.05, 0) is 6.42 Å². The summed E-state index contributed by atoms with van der Waals surface area (Å²) in [5, 5.41) is 0. The first-order valence-corrected chi connectivity index (χ1v) is 6.52. The maximum atomic E-state index is 10.7. The third-order valence-electron chi connectivity index (χ3n) is 1.97. The molecule has 0 unspecified atom stereocenters. The van der Waals surface area contributed by atoms with Crippen molar-refractivity contribution in [2.75, 3.05) is 27.9 Å². The largest absolute Gasteiger partial charge is 0.500 e. The summed E-state index contributed by atoms with van der Waals surface area (Å²) in [5.74, 6) is -0.422. The summed E-state index contributed by atoms with van der Waals surface area (Å²) in [6.07, 6.45) is 1.77. The van der Waals surface area contributed by atoms with Crippen LogP contribution >= 0.6 is 0 Å². The van der Waals surface area contributed by atoms with E-state index in [1.165, 1.54) is 0 Å². The summed E-state index contributed by atoms with van der Waals surface area (Å²) in [6.45, 7) is 3.61. The highest BCUT2D eigenvalue weighted by atomic mass is 28.4. The first-order chi connectivity index (χ1) is 7.14. The highest BCUT2D eigenvalue weighted by Gasteiger charge is 2.36. The van der Waals surface area contributed by atoms with Crippen molar-refractivity contribution in [3.05, 3.63) is 12.7 Å². The molecule has 0 atom stereocenters. The summed E-state index contributed by atoms with van der Waals surface area (Å²) < 4.78 is 20.4. The minimum atomic E-state index is -2.52. The van der Waals surface area contributed by atoms with Gasteiger partial charge in [0, 0.05) is 33.4 Å². The van der Waals surface area contributed by atoms with Crippen LogP contribution in [0.4, 0.5) is 0 Å². The Morgan fingerprint density at radius 2 is 1.75 bits per heavy atom. The quantitative estimate of drug-likeness (QED) is 0.283. The molecule has 6 heteroatoms. The molecule has 0 amide bonds. The van der Waals surface area contributed by atoms with E-state index in [1.54, 1.807) is 21.3 Å². The molecule has 96 valence electrons. The minimum Gasteiger partial charge on any atom is -0.463 e. The predicted octanol–water partition coefficient (Wildman–Crippen LogP) is 1.62. The van der Waals surface area contributed by atoms with Crippen molar-refractivity contribution in [3.8, 4) is 0 Å². The number of ether oxygens (including phenoxy) is 1. The van der Waals surface area contributed by atoms with Crippen LogP contribution in [0.2, 0.25) is 6.04 Å². The van der Waals surface area contributed by atoms with Crippen molar-refractivity contribution in [2.24, 2.45) is 0 Å². The molecular formula is C10H22O5Si. The van der Waals surface area contributed by atoms with Gasteiger partial charge in [-0.15, -0.1) is 0 Å². The smallest absolute Gasteiger partial charge is 0.463 e. The summed E-state index contributed by atoms with van der Waals surface area (Å²) in [4.78, 5) is 10.7. The van der Waals surface area contributed by atoms with Crippen molar-refractivity contribution >= 4 is 14.8 Å². The van der Waals surface area contributed by atoms with Crippen LogP contribution in [0.25, 0.3) is 0 Å². The number of carbonyl (C=O) groups is 1. The molecule has 0 N–H and O–H groups in total. The van der Waals surface area contributed by atoms with Gasteiger partial charge in [-0.2, -0.15) is 0 Å². The zero-order valence-electron chi connectivity index (χ0n) is 9.45. The number of hydrogen-bond donors (Lipinski definition) is 0. The molecule has 0 aliphatic carbocycles. The fourth-order valence-electron chi connectivity index (χ4n) is 1.08. The van der Waals surface area contributed by atoms with E-state index < -0.39 is 14.8 Å². The average Bonchev–Trinajstić information content (AvgIpc) is 2.30. The van der Waals surface area contributed by atoms with Gasteiger partial charge in [0.2, 0.25) is 0 Å². The molecule has 0 aromatic rings. The lowest BCUT2D eigenvalue weighted by Crippen LogP contribution is -2.42. The van der Waals surface area contributed by atoms with Gasteiger partial charge in [0.05, 0.1) is 6.61 Å². The zero-order chi connectivity index (χ0) is 11.7. The van der Waals surface area contributed by atoms with Crippen LogP contribution in [0, 0.1) is 0 Å². The molecule has 0 aliphatic heterocycles. The third-order valence-corrected chi connectivity index (χ3v) is 4.80. The van der Waals surface area contributed by atoms with Crippen molar-refractivity contribution in [3.63, 3.8) is 0 Å². The van der Waals surface area contributed by atoms with Crippen molar-refractivity contribution in [1.29, 1.82) is 0 Å². The Morgan fingerprint density at radius 1 is 1.25 bits per heavy atom. The first-order valence-electron chi connectivity index (χ1n) is 4.58. The lowest BCUT2D eigenvalue weighted by molar-refractivity contribution is -0.137. The molecule has 0 bridgehead atoms. The topological polar surface area (TPSA) is 54.0 Å². The van der Waals surface area contributed by atoms with Gasteiger partial charge in [-0.25, -0.2) is 4.79 Å². The van der Waals surface area contributed by atoms with Crippen LogP contribution in [0.3, 0.4) is 0 Å². The van der Waals surface area contributed by atoms with Crippen LogP contribution in [-0.2, 0) is 22.8 Å². The maximum Gasteiger partial charge on any atom is 0.500 e. The molecule has 0 fully saturated rings. The Hall–Kier alpha value is -0.693. The van der Waals surface area contributed by atoms with E-state index in [4.69, 9.17) is 18.0 Å². The highest BCUT2D eigenvalue weighted by molar-refractivity contribution is 6.60. The van der Waals surface area contributed by atoms with Gasteiger partial charge in [-0.3, -0.25) is 0 Å². The molecule has 0 spiro atoms. The Balaban J connectivity index is 0. The monoisotopic (exact) mass is 250 g/mol. The second-order valence-corrected chi connectivity index (χ2v) is 5.86. The molecule has 0 saturated carbocycles. The molecule has 0 aromatic heterocycles. The minimum absolute atomic E-state index is 0. The molecule has 16 heavy (non-hydrogen) atoms. The molecule has 5 nitrogen and oxygen atoms in total. The van der Waals surface area contributed by atoms with Crippen LogP contribution in [-0.4, -0.2) is 42.7 Å². The number of esters is 1. The average molecular weight is 250 g/mol. The molecule has 0 rings (SSSR count). The molecule has 0 saturated heterocycles. The predicted molar refractivity (Wildman–Crippen MR) is 64.1 cm³/mol. The molecule has 0 aliphatic rings. The lowest BCUT2D eigenvalue weighted by atomic mass is 10.5. The third kappa shape index (κ3) is 6.01. The van der Waals surface area contributed by atoms with Gasteiger partial charge in [0.1, 0.15) is 0 Å². The van der Waals surface area contributed by atoms with Crippen LogP contribution in [0.5, 0.6) is 0 Å². The maximum absolute atomic E-state index is 10.7. The normalized spacial score (nSPS) is 10.4. The number of rotatable bonds is 8. The fraction of sp³-hybridized carbons (Fsp3) is 0.700. The summed E-state index contributed by atoms with van der Waals surface area (Å²) >= 11 is 0. The second kappa shape index (κ2) is 9.53. The summed E-state index contributed by atoms with van der Waals surface area (Å²) in [7, 11) is 2.13. The fourth-order valence-corrected chi connectivity index (χ4v) is 2.77. The SMILES string of the molecule is C.C=CC(=O)OCCC[Si](OC)(OC)OC. The highest BCUT2D eigenvalue weighted by Crippen LogP contribution is 2.14. The van der Waals surface area contributed by atoms with Crippen LogP contribution in [0.1, 0.15) is 13.8 Å². The Bertz CT molecular complexity index is 195. The van der Waals surface area contributed by atoms with E-state index >= 15 is 0 Å². The van der Waals surface area contributed by atoms with E-state index in [0.717, 1.165) is 6.08 Å². The van der Waals surface area contributed by atoms with Gasteiger partial charge in [0.15, 0.2) is 0 Å². The van der Waals surface area contributed by atoms with Crippen molar-refractivity contribution in [2.45, 2.75) is 19.9 Å². The second-order valence-electron chi connectivity index (χ2n) is 2.77. The van der Waals surface area contributed by atoms with Crippen LogP contribution in [0.15, 0.2) is 12.7 Å². The molecular weight excluding hydrogens is 228 g/mol. The zero-order valence-corrected chi connectivity index (χ0v) is 10.4. The van der Waals surface area contributed by atoms with E-state index in [2.05, 4.69) is 6.58 Å². The first kappa shape index (κ1) is 17.7. The standard InChI is InChI=1S/C9H18O5Si.CH4/c1-5-9(10)14-7-6-8-15(11-2,12-3)13-4;/h5H,1,6-8H2,2-4H3;1H4. The Labute approximate surface area is 98.7 Å². The Morgan fingerprint density at radius 3 is 2.12 bits per heavy atom. The lowest BCUT2D eigenvalue weighted by Gasteiger charge is -2.23. The summed E-state index contributed by atoms with van der Waals surface area (Å²) in [5.41, 5.74) is 0. The van der Waals surface area contributed by atoms with Crippen LogP contribution < -0.4 is 0 Å². The number of hydrogen-bond acceptors (Lipinski definition) is 5. The van der Waals surface area contributed by atoms with Crippen molar-refractivity contribution in [1.82, 2.24) is 0 Å². The molecule has 0 aromatic carbocycles. The van der Waals surface area contributed by atoms with E-state index in [0.29, 0.717) is 19.1 Å². The van der Waals surface area contributed by atoms with Gasteiger partial charge in [-0.1, -0.05) is 14.0 Å².